The topological polar surface area (TPSA) is 6.48 Å². The highest BCUT2D eigenvalue weighted by Crippen LogP contribution is 2.44. The number of nitrogens with zero attached hydrogens (tertiary/aromatic N) is 2. The minimum Gasteiger partial charge on any atom is -0.321 e. The van der Waals surface area contributed by atoms with Gasteiger partial charge in [0, 0.05) is 11.4 Å². The van der Waals surface area contributed by atoms with Gasteiger partial charge in [-0.2, -0.15) is 0 Å². The highest BCUT2D eigenvalue weighted by molar-refractivity contribution is 5.86. The molecule has 0 spiro atoms. The van der Waals surface area contributed by atoms with E-state index in [1.54, 1.807) is 0 Å². The van der Waals surface area contributed by atoms with E-state index in [-0.39, 0.29) is 5.41 Å². The Balaban J connectivity index is 1.76. The lowest BCUT2D eigenvalue weighted by Crippen LogP contribution is -2.24. The van der Waals surface area contributed by atoms with Crippen LogP contribution in [0.5, 0.6) is 0 Å². The summed E-state index contributed by atoms with van der Waals surface area (Å²) in [6.45, 7) is 9.76. The van der Waals surface area contributed by atoms with Gasteiger partial charge in [-0.25, -0.2) is 0 Å². The lowest BCUT2D eigenvalue weighted by atomic mass is 9.87. The number of rotatable bonds is 2. The van der Waals surface area contributed by atoms with Crippen molar-refractivity contribution in [3.63, 3.8) is 0 Å². The third-order valence-corrected chi connectivity index (χ3v) is 5.12. The molecule has 2 nitrogen and oxygen atoms in total. The van der Waals surface area contributed by atoms with Crippen LogP contribution in [0.15, 0.2) is 72.8 Å². The Hall–Kier alpha value is -2.74. The van der Waals surface area contributed by atoms with E-state index >= 15 is 0 Å². The average Bonchev–Trinajstić information content (AvgIpc) is 3.02. The molecule has 0 aliphatic carbocycles. The Labute approximate surface area is 156 Å². The fourth-order valence-electron chi connectivity index (χ4n) is 3.52. The number of hydrogen-bond donors (Lipinski definition) is 0. The number of fused-ring (bicyclic) bond motifs is 1. The zero-order chi connectivity index (χ0) is 18.3. The molecule has 0 unspecified atom stereocenters. The van der Waals surface area contributed by atoms with Gasteiger partial charge in [-0.3, -0.25) is 0 Å². The summed E-state index contributed by atoms with van der Waals surface area (Å²) >= 11 is 0. The molecular weight excluding hydrogens is 316 g/mol. The molecule has 4 rings (SSSR count). The molecule has 0 amide bonds. The van der Waals surface area contributed by atoms with E-state index in [1.807, 2.05) is 0 Å². The van der Waals surface area contributed by atoms with Crippen LogP contribution in [0, 0.1) is 6.92 Å². The molecule has 132 valence electrons. The monoisotopic (exact) mass is 342 g/mol. The van der Waals surface area contributed by atoms with E-state index < -0.39 is 0 Å². The first-order valence-electron chi connectivity index (χ1n) is 9.25. The van der Waals surface area contributed by atoms with Gasteiger partial charge < -0.3 is 9.80 Å². The molecule has 1 heterocycles. The van der Waals surface area contributed by atoms with Crippen molar-refractivity contribution in [3.05, 3.63) is 83.9 Å². The number of benzene rings is 3. The summed E-state index contributed by atoms with van der Waals surface area (Å²) in [5.41, 5.74) is 7.80. The number of hydrogen-bond acceptors (Lipinski definition) is 2. The molecule has 0 radical (unpaired) electrons. The molecule has 0 fully saturated rings. The molecule has 3 aromatic rings. The smallest absolute Gasteiger partial charge is 0.100 e. The molecule has 2 heteroatoms. The van der Waals surface area contributed by atoms with Crippen LogP contribution in [-0.4, -0.2) is 6.67 Å². The second-order valence-corrected chi connectivity index (χ2v) is 8.12. The minimum absolute atomic E-state index is 0.145. The number of para-hydroxylation sites is 2. The zero-order valence-corrected chi connectivity index (χ0v) is 16.0. The van der Waals surface area contributed by atoms with Crippen molar-refractivity contribution in [2.24, 2.45) is 0 Å². The van der Waals surface area contributed by atoms with Crippen molar-refractivity contribution in [3.8, 4) is 0 Å². The van der Waals surface area contributed by atoms with Crippen molar-refractivity contribution in [2.75, 3.05) is 16.5 Å². The van der Waals surface area contributed by atoms with E-state index in [4.69, 9.17) is 0 Å². The van der Waals surface area contributed by atoms with Crippen LogP contribution in [0.25, 0.3) is 0 Å². The second kappa shape index (κ2) is 6.21. The molecule has 26 heavy (non-hydrogen) atoms. The summed E-state index contributed by atoms with van der Waals surface area (Å²) < 4.78 is 0. The maximum absolute atomic E-state index is 2.41. The fraction of sp³-hybridized carbons (Fsp3) is 0.250. The number of aryl methyl sites for hydroxylation is 1. The molecule has 1 aliphatic heterocycles. The molecule has 0 N–H and O–H groups in total. The Kier molecular flexibility index (Phi) is 3.99. The Bertz CT molecular complexity index is 919. The quantitative estimate of drug-likeness (QED) is 0.522. The second-order valence-electron chi connectivity index (χ2n) is 8.12. The zero-order valence-electron chi connectivity index (χ0n) is 16.0. The number of anilines is 4. The molecule has 0 aromatic heterocycles. The summed E-state index contributed by atoms with van der Waals surface area (Å²) in [7, 11) is 0. The van der Waals surface area contributed by atoms with Crippen molar-refractivity contribution in [1.29, 1.82) is 0 Å². The van der Waals surface area contributed by atoms with Gasteiger partial charge in [0.1, 0.15) is 6.67 Å². The molecule has 0 atom stereocenters. The van der Waals surface area contributed by atoms with E-state index in [1.165, 1.54) is 33.9 Å². The lowest BCUT2D eigenvalue weighted by Gasteiger charge is -2.25. The van der Waals surface area contributed by atoms with Gasteiger partial charge >= 0.3 is 0 Å². The fourth-order valence-corrected chi connectivity index (χ4v) is 3.52. The maximum atomic E-state index is 2.41. The van der Waals surface area contributed by atoms with Gasteiger partial charge in [0.25, 0.3) is 0 Å². The van der Waals surface area contributed by atoms with E-state index in [0.717, 1.165) is 6.67 Å². The van der Waals surface area contributed by atoms with Gasteiger partial charge in [-0.1, -0.05) is 62.7 Å². The van der Waals surface area contributed by atoms with Gasteiger partial charge in [-0.15, -0.1) is 0 Å². The Morgan fingerprint density at radius 1 is 0.692 bits per heavy atom. The van der Waals surface area contributed by atoms with Crippen LogP contribution in [-0.2, 0) is 5.41 Å². The molecule has 0 bridgehead atoms. The SMILES string of the molecule is Cc1ccc(N2CN(c3cccc(C(C)(C)C)c3)c3ccccc32)cc1. The summed E-state index contributed by atoms with van der Waals surface area (Å²) in [6.07, 6.45) is 0. The highest BCUT2D eigenvalue weighted by atomic mass is 15.4. The molecule has 3 aromatic carbocycles. The highest BCUT2D eigenvalue weighted by Gasteiger charge is 2.28. The first kappa shape index (κ1) is 16.7. The van der Waals surface area contributed by atoms with E-state index in [0.29, 0.717) is 0 Å². The van der Waals surface area contributed by atoms with Crippen LogP contribution < -0.4 is 9.80 Å². The Morgan fingerprint density at radius 2 is 1.31 bits per heavy atom. The molecule has 0 saturated carbocycles. The predicted octanol–water partition coefficient (Wildman–Crippen LogP) is 6.54. The normalized spacial score (nSPS) is 13.8. The minimum atomic E-state index is 0.145. The van der Waals surface area contributed by atoms with Crippen molar-refractivity contribution in [2.45, 2.75) is 33.1 Å². The first-order valence-corrected chi connectivity index (χ1v) is 9.25. The van der Waals surface area contributed by atoms with Crippen molar-refractivity contribution < 1.29 is 0 Å². The van der Waals surface area contributed by atoms with Gasteiger partial charge in [-0.05, 0) is 54.3 Å². The third-order valence-electron chi connectivity index (χ3n) is 5.12. The summed E-state index contributed by atoms with van der Waals surface area (Å²) in [4.78, 5) is 4.79. The van der Waals surface area contributed by atoms with E-state index in [9.17, 15) is 0 Å². The maximum Gasteiger partial charge on any atom is 0.100 e. The third kappa shape index (κ3) is 2.96. The summed E-state index contributed by atoms with van der Waals surface area (Å²) in [5.74, 6) is 0. The largest absolute Gasteiger partial charge is 0.321 e. The first-order chi connectivity index (χ1) is 12.4. The van der Waals surface area contributed by atoms with Gasteiger partial charge in [0.15, 0.2) is 0 Å². The standard InChI is InChI=1S/C24H26N2/c1-18-12-14-20(15-13-18)25-17-26(23-11-6-5-10-22(23)25)21-9-7-8-19(16-21)24(2,3)4/h5-16H,17H2,1-4H3. The van der Waals surface area contributed by atoms with Crippen LogP contribution in [0.1, 0.15) is 31.9 Å². The summed E-state index contributed by atoms with van der Waals surface area (Å²) in [5, 5.41) is 0. The molecule has 1 aliphatic rings. The van der Waals surface area contributed by atoms with Crippen molar-refractivity contribution >= 4 is 22.7 Å². The van der Waals surface area contributed by atoms with Gasteiger partial charge in [0.05, 0.1) is 11.4 Å². The van der Waals surface area contributed by atoms with Crippen LogP contribution >= 0.6 is 0 Å². The van der Waals surface area contributed by atoms with Crippen LogP contribution in [0.2, 0.25) is 0 Å². The van der Waals surface area contributed by atoms with Crippen LogP contribution in [0.3, 0.4) is 0 Å². The summed E-state index contributed by atoms with van der Waals surface area (Å²) in [6, 6.07) is 26.4. The Morgan fingerprint density at radius 3 is 1.92 bits per heavy atom. The molecule has 0 saturated heterocycles. The van der Waals surface area contributed by atoms with Crippen molar-refractivity contribution in [1.82, 2.24) is 0 Å². The molecular formula is C24H26N2. The lowest BCUT2D eigenvalue weighted by molar-refractivity contribution is 0.590. The average molecular weight is 342 g/mol. The van der Waals surface area contributed by atoms with Gasteiger partial charge in [0.2, 0.25) is 0 Å². The predicted molar refractivity (Wildman–Crippen MR) is 112 cm³/mol. The van der Waals surface area contributed by atoms with E-state index in [2.05, 4.69) is 110 Å². The van der Waals surface area contributed by atoms with Crippen LogP contribution in [0.4, 0.5) is 22.7 Å².